The molecule has 1 fully saturated rings. The molecule has 1 saturated heterocycles. The average molecular weight is 173 g/mol. The molecule has 0 saturated carbocycles. The van der Waals surface area contributed by atoms with Crippen LogP contribution < -0.4 is 0 Å². The molecule has 1 rings (SSSR count). The second kappa shape index (κ2) is 3.42. The molecule has 1 atom stereocenters. The van der Waals surface area contributed by atoms with Crippen LogP contribution in [0.3, 0.4) is 0 Å². The van der Waals surface area contributed by atoms with Crippen LogP contribution >= 0.6 is 0 Å². The maximum absolute atomic E-state index is 11.1. The van der Waals surface area contributed by atoms with Crippen molar-refractivity contribution in [2.75, 3.05) is 13.2 Å². The molecule has 0 aromatic rings. The lowest BCUT2D eigenvalue weighted by molar-refractivity contribution is 0.108. The number of carbonyl (C=O) groups is 2. The summed E-state index contributed by atoms with van der Waals surface area (Å²) < 4.78 is 9.28. The van der Waals surface area contributed by atoms with Gasteiger partial charge in [-0.05, 0) is 13.8 Å². The maximum Gasteiger partial charge on any atom is 0.419 e. The fourth-order valence-corrected chi connectivity index (χ4v) is 0.963. The molecule has 0 N–H and O–H groups in total. The number of carbonyl (C=O) groups excluding carboxylic acids is 2. The fourth-order valence-electron chi connectivity index (χ4n) is 0.963. The minimum Gasteiger partial charge on any atom is -0.449 e. The number of imide groups is 1. The second-order valence-corrected chi connectivity index (χ2v) is 2.49. The number of ether oxygens (including phenoxy) is 2. The molecule has 0 spiro atoms. The normalized spacial score (nSPS) is 22.3. The first-order valence-corrected chi connectivity index (χ1v) is 3.79. The van der Waals surface area contributed by atoms with Gasteiger partial charge in [0.25, 0.3) is 0 Å². The van der Waals surface area contributed by atoms with Crippen LogP contribution in [0.25, 0.3) is 0 Å². The van der Waals surface area contributed by atoms with Crippen LogP contribution in [-0.4, -0.2) is 36.3 Å². The van der Waals surface area contributed by atoms with E-state index in [1.165, 1.54) is 0 Å². The Morgan fingerprint density at radius 2 is 2.50 bits per heavy atom. The minimum atomic E-state index is -0.632. The van der Waals surface area contributed by atoms with Gasteiger partial charge >= 0.3 is 12.2 Å². The standard InChI is InChI=1S/C7H11NO4/c1-3-11-6(9)8-5(2)4-12-7(8)10/h5H,3-4H2,1-2H3. The van der Waals surface area contributed by atoms with Crippen LogP contribution in [0.1, 0.15) is 13.8 Å². The van der Waals surface area contributed by atoms with Crippen LogP contribution in [-0.2, 0) is 9.47 Å². The van der Waals surface area contributed by atoms with Crippen LogP contribution in [0.15, 0.2) is 0 Å². The lowest BCUT2D eigenvalue weighted by atomic mass is 10.3. The predicted molar refractivity (Wildman–Crippen MR) is 39.7 cm³/mol. The van der Waals surface area contributed by atoms with Crippen LogP contribution in [0.2, 0.25) is 0 Å². The zero-order chi connectivity index (χ0) is 9.14. The van der Waals surface area contributed by atoms with Crippen molar-refractivity contribution in [2.24, 2.45) is 0 Å². The number of amides is 2. The first-order chi connectivity index (χ1) is 5.66. The molecule has 0 radical (unpaired) electrons. The van der Waals surface area contributed by atoms with Crippen LogP contribution in [0.5, 0.6) is 0 Å². The van der Waals surface area contributed by atoms with E-state index in [-0.39, 0.29) is 19.3 Å². The van der Waals surface area contributed by atoms with E-state index in [4.69, 9.17) is 0 Å². The Labute approximate surface area is 70.2 Å². The molecular formula is C7H11NO4. The molecule has 0 aliphatic carbocycles. The highest BCUT2D eigenvalue weighted by atomic mass is 16.6. The number of rotatable bonds is 1. The van der Waals surface area contributed by atoms with Gasteiger partial charge in [0.15, 0.2) is 0 Å². The highest BCUT2D eigenvalue weighted by Crippen LogP contribution is 2.12. The van der Waals surface area contributed by atoms with E-state index >= 15 is 0 Å². The van der Waals surface area contributed by atoms with Crippen molar-refractivity contribution in [1.29, 1.82) is 0 Å². The van der Waals surface area contributed by atoms with E-state index in [1.807, 2.05) is 0 Å². The number of hydrogen-bond donors (Lipinski definition) is 0. The number of nitrogens with zero attached hydrogens (tertiary/aromatic N) is 1. The molecule has 1 aliphatic rings. The average Bonchev–Trinajstić information content (AvgIpc) is 2.32. The van der Waals surface area contributed by atoms with Crippen molar-refractivity contribution in [3.8, 4) is 0 Å². The van der Waals surface area contributed by atoms with Gasteiger partial charge in [-0.1, -0.05) is 0 Å². The molecule has 0 aromatic heterocycles. The zero-order valence-electron chi connectivity index (χ0n) is 7.07. The Balaban J connectivity index is 2.59. The Kier molecular flexibility index (Phi) is 2.52. The summed E-state index contributed by atoms with van der Waals surface area (Å²) in [4.78, 5) is 22.9. The van der Waals surface area contributed by atoms with Crippen LogP contribution in [0, 0.1) is 0 Å². The topological polar surface area (TPSA) is 55.8 Å². The Morgan fingerprint density at radius 1 is 1.83 bits per heavy atom. The summed E-state index contributed by atoms with van der Waals surface area (Å²) in [6, 6.07) is -0.225. The molecule has 2 amide bonds. The summed E-state index contributed by atoms with van der Waals surface area (Å²) in [6.45, 7) is 3.92. The van der Waals surface area contributed by atoms with Gasteiger partial charge in [0.1, 0.15) is 6.61 Å². The van der Waals surface area contributed by atoms with Gasteiger partial charge in [0.05, 0.1) is 12.6 Å². The second-order valence-electron chi connectivity index (χ2n) is 2.49. The number of cyclic esters (lactones) is 1. The van der Waals surface area contributed by atoms with Gasteiger partial charge in [-0.15, -0.1) is 0 Å². The summed E-state index contributed by atoms with van der Waals surface area (Å²) in [5.74, 6) is 0. The molecule has 1 aliphatic heterocycles. The van der Waals surface area contributed by atoms with Crippen molar-refractivity contribution in [2.45, 2.75) is 19.9 Å². The van der Waals surface area contributed by atoms with Gasteiger partial charge < -0.3 is 9.47 Å². The summed E-state index contributed by atoms with van der Waals surface area (Å²) >= 11 is 0. The van der Waals surface area contributed by atoms with E-state index in [0.29, 0.717) is 0 Å². The molecule has 1 heterocycles. The molecule has 1 unspecified atom stereocenters. The lowest BCUT2D eigenvalue weighted by Crippen LogP contribution is -2.37. The van der Waals surface area contributed by atoms with Crippen LogP contribution in [0.4, 0.5) is 9.59 Å². The zero-order valence-corrected chi connectivity index (χ0v) is 7.07. The Hall–Kier alpha value is -1.26. The minimum absolute atomic E-state index is 0.225. The summed E-state index contributed by atoms with van der Waals surface area (Å²) in [7, 11) is 0. The highest BCUT2D eigenvalue weighted by Gasteiger charge is 2.35. The van der Waals surface area contributed by atoms with E-state index in [0.717, 1.165) is 4.90 Å². The van der Waals surface area contributed by atoms with E-state index in [9.17, 15) is 9.59 Å². The first kappa shape index (κ1) is 8.83. The quantitative estimate of drug-likeness (QED) is 0.593. The monoisotopic (exact) mass is 173 g/mol. The molecule has 68 valence electrons. The Bertz CT molecular complexity index is 204. The number of hydrogen-bond acceptors (Lipinski definition) is 4. The van der Waals surface area contributed by atoms with Crippen molar-refractivity contribution in [1.82, 2.24) is 4.90 Å². The van der Waals surface area contributed by atoms with Gasteiger partial charge in [0.2, 0.25) is 0 Å². The fraction of sp³-hybridized carbons (Fsp3) is 0.714. The lowest BCUT2D eigenvalue weighted by Gasteiger charge is -2.14. The SMILES string of the molecule is CCOC(=O)N1C(=O)OCC1C. The van der Waals surface area contributed by atoms with E-state index in [1.54, 1.807) is 13.8 Å². The smallest absolute Gasteiger partial charge is 0.419 e. The van der Waals surface area contributed by atoms with E-state index < -0.39 is 12.2 Å². The Morgan fingerprint density at radius 3 is 2.92 bits per heavy atom. The molecule has 5 heteroatoms. The first-order valence-electron chi connectivity index (χ1n) is 3.79. The van der Waals surface area contributed by atoms with Gasteiger partial charge in [-0.25, -0.2) is 14.5 Å². The molecule has 0 aromatic carbocycles. The maximum atomic E-state index is 11.1. The third-order valence-corrected chi connectivity index (χ3v) is 1.55. The largest absolute Gasteiger partial charge is 0.449 e. The van der Waals surface area contributed by atoms with Gasteiger partial charge in [-0.2, -0.15) is 0 Å². The third-order valence-electron chi connectivity index (χ3n) is 1.55. The summed E-state index contributed by atoms with van der Waals surface area (Å²) in [5, 5.41) is 0. The van der Waals surface area contributed by atoms with Crippen molar-refractivity contribution in [3.05, 3.63) is 0 Å². The third kappa shape index (κ3) is 1.49. The highest BCUT2D eigenvalue weighted by molar-refractivity contribution is 5.89. The molecular weight excluding hydrogens is 162 g/mol. The van der Waals surface area contributed by atoms with Crippen molar-refractivity contribution >= 4 is 12.2 Å². The summed E-state index contributed by atoms with van der Waals surface area (Å²) in [6.07, 6.45) is -1.26. The molecule has 12 heavy (non-hydrogen) atoms. The summed E-state index contributed by atoms with van der Waals surface area (Å²) in [5.41, 5.74) is 0. The van der Waals surface area contributed by atoms with Gasteiger partial charge in [-0.3, -0.25) is 0 Å². The molecule has 5 nitrogen and oxygen atoms in total. The molecule has 0 bridgehead atoms. The van der Waals surface area contributed by atoms with Crippen molar-refractivity contribution < 1.29 is 19.1 Å². The van der Waals surface area contributed by atoms with Crippen molar-refractivity contribution in [3.63, 3.8) is 0 Å². The predicted octanol–water partition coefficient (Wildman–Crippen LogP) is 0.984. The van der Waals surface area contributed by atoms with E-state index in [2.05, 4.69) is 9.47 Å². The van der Waals surface area contributed by atoms with Gasteiger partial charge in [0, 0.05) is 0 Å².